The fourth-order valence-electron chi connectivity index (χ4n) is 4.13. The highest BCUT2D eigenvalue weighted by molar-refractivity contribution is 5.93. The first-order valence-electron chi connectivity index (χ1n) is 11.1. The number of hydrogen-bond donors (Lipinski definition) is 2. The predicted octanol–water partition coefficient (Wildman–Crippen LogP) is 3.48. The van der Waals surface area contributed by atoms with Crippen molar-refractivity contribution >= 4 is 29.1 Å². The van der Waals surface area contributed by atoms with Gasteiger partial charge in [-0.15, -0.1) is 0 Å². The highest BCUT2D eigenvalue weighted by Crippen LogP contribution is 2.23. The lowest BCUT2D eigenvalue weighted by Crippen LogP contribution is -2.52. The normalized spacial score (nSPS) is 15.5. The molecule has 0 radical (unpaired) electrons. The first kappa shape index (κ1) is 23.9. The van der Waals surface area contributed by atoms with Crippen molar-refractivity contribution < 1.29 is 14.4 Å². The molecular weight excluding hydrogens is 380 g/mol. The lowest BCUT2D eigenvalue weighted by atomic mass is 9.93. The Morgan fingerprint density at radius 1 is 0.967 bits per heavy atom. The molecule has 2 rings (SSSR count). The van der Waals surface area contributed by atoms with E-state index in [1.54, 1.807) is 24.3 Å². The Kier molecular flexibility index (Phi) is 9.30. The topological polar surface area (TPSA) is 81.8 Å². The van der Waals surface area contributed by atoms with E-state index in [4.69, 9.17) is 0 Å². The van der Waals surface area contributed by atoms with Gasteiger partial charge >= 0.3 is 0 Å². The van der Waals surface area contributed by atoms with Gasteiger partial charge in [0.05, 0.1) is 12.6 Å². The predicted molar refractivity (Wildman–Crippen MR) is 120 cm³/mol. The van der Waals surface area contributed by atoms with E-state index < -0.39 is 0 Å². The van der Waals surface area contributed by atoms with Crippen LogP contribution in [0.1, 0.15) is 59.8 Å². The molecule has 30 heavy (non-hydrogen) atoms. The third-order valence-electron chi connectivity index (χ3n) is 5.79. The standard InChI is InChI=1S/C23H36N4O3/c1-5-26(17(3)23(30)27(6-2)21-10-8-7-9-11-21)16-22(29)25-20-14-12-19(13-15-20)24-18(4)28/h12-15,17,21H,5-11,16H2,1-4H3,(H,24,28)(H,25,29)/t17-/m0/s1. The summed E-state index contributed by atoms with van der Waals surface area (Å²) in [6.45, 7) is 8.82. The molecule has 0 saturated heterocycles. The quantitative estimate of drug-likeness (QED) is 0.646. The van der Waals surface area contributed by atoms with Crippen LogP contribution in [0.15, 0.2) is 24.3 Å². The van der Waals surface area contributed by atoms with Crippen molar-refractivity contribution in [1.29, 1.82) is 0 Å². The van der Waals surface area contributed by atoms with Gasteiger partial charge in [-0.3, -0.25) is 19.3 Å². The minimum absolute atomic E-state index is 0.110. The van der Waals surface area contributed by atoms with Gasteiger partial charge in [-0.1, -0.05) is 26.2 Å². The molecule has 1 fully saturated rings. The summed E-state index contributed by atoms with van der Waals surface area (Å²) in [6, 6.07) is 6.96. The van der Waals surface area contributed by atoms with E-state index >= 15 is 0 Å². The molecule has 1 aliphatic carbocycles. The SMILES string of the molecule is CCN(C(=O)[C@H](C)N(CC)CC(=O)Nc1ccc(NC(C)=O)cc1)C1CCCCC1. The van der Waals surface area contributed by atoms with Crippen molar-refractivity contribution in [3.8, 4) is 0 Å². The maximum atomic E-state index is 13.2. The summed E-state index contributed by atoms with van der Waals surface area (Å²) < 4.78 is 0. The lowest BCUT2D eigenvalue weighted by molar-refractivity contribution is -0.139. The maximum Gasteiger partial charge on any atom is 0.239 e. The molecule has 3 amide bonds. The maximum absolute atomic E-state index is 13.2. The summed E-state index contributed by atoms with van der Waals surface area (Å²) in [7, 11) is 0. The van der Waals surface area contributed by atoms with Gasteiger partial charge in [-0.05, 0) is 57.5 Å². The second-order valence-corrected chi connectivity index (χ2v) is 7.96. The molecule has 1 aromatic carbocycles. The van der Waals surface area contributed by atoms with Gasteiger partial charge in [0.2, 0.25) is 17.7 Å². The zero-order valence-corrected chi connectivity index (χ0v) is 18.7. The molecule has 2 N–H and O–H groups in total. The van der Waals surface area contributed by atoms with Gasteiger partial charge < -0.3 is 15.5 Å². The molecule has 7 heteroatoms. The van der Waals surface area contributed by atoms with Gasteiger partial charge in [-0.2, -0.15) is 0 Å². The number of carbonyl (C=O) groups is 3. The Balaban J connectivity index is 1.94. The van der Waals surface area contributed by atoms with E-state index in [9.17, 15) is 14.4 Å². The third kappa shape index (κ3) is 6.83. The van der Waals surface area contributed by atoms with Gasteiger partial charge in [0, 0.05) is 30.9 Å². The molecule has 1 aromatic rings. The molecule has 1 atom stereocenters. The monoisotopic (exact) mass is 416 g/mol. The van der Waals surface area contributed by atoms with Crippen molar-refractivity contribution in [3.63, 3.8) is 0 Å². The van der Waals surface area contributed by atoms with Crippen LogP contribution in [-0.4, -0.2) is 59.2 Å². The molecule has 0 spiro atoms. The molecule has 166 valence electrons. The van der Waals surface area contributed by atoms with Crippen LogP contribution in [0.2, 0.25) is 0 Å². The fraction of sp³-hybridized carbons (Fsp3) is 0.609. The summed E-state index contributed by atoms with van der Waals surface area (Å²) in [5.41, 5.74) is 1.33. The number of amides is 3. The van der Waals surface area contributed by atoms with Crippen molar-refractivity contribution in [2.45, 2.75) is 71.9 Å². The van der Waals surface area contributed by atoms with Crippen molar-refractivity contribution in [3.05, 3.63) is 24.3 Å². The van der Waals surface area contributed by atoms with Crippen LogP contribution in [0.3, 0.4) is 0 Å². The Morgan fingerprint density at radius 2 is 1.53 bits per heavy atom. The van der Waals surface area contributed by atoms with Gasteiger partial charge in [0.25, 0.3) is 0 Å². The highest BCUT2D eigenvalue weighted by Gasteiger charge is 2.30. The number of benzene rings is 1. The molecule has 1 saturated carbocycles. The Hall–Kier alpha value is -2.41. The van der Waals surface area contributed by atoms with Crippen molar-refractivity contribution in [2.24, 2.45) is 0 Å². The number of nitrogens with one attached hydrogen (secondary N) is 2. The second-order valence-electron chi connectivity index (χ2n) is 7.96. The second kappa shape index (κ2) is 11.7. The molecular formula is C23H36N4O3. The van der Waals surface area contributed by atoms with Crippen LogP contribution in [0.4, 0.5) is 11.4 Å². The summed E-state index contributed by atoms with van der Waals surface area (Å²) in [6.07, 6.45) is 5.78. The average Bonchev–Trinajstić information content (AvgIpc) is 2.73. The first-order valence-corrected chi connectivity index (χ1v) is 11.1. The van der Waals surface area contributed by atoms with E-state index in [1.165, 1.54) is 26.2 Å². The van der Waals surface area contributed by atoms with Crippen LogP contribution < -0.4 is 10.6 Å². The van der Waals surface area contributed by atoms with E-state index in [-0.39, 0.29) is 30.3 Å². The van der Waals surface area contributed by atoms with Gasteiger partial charge in [-0.25, -0.2) is 0 Å². The van der Waals surface area contributed by atoms with Crippen LogP contribution in [0.25, 0.3) is 0 Å². The smallest absolute Gasteiger partial charge is 0.239 e. The summed E-state index contributed by atoms with van der Waals surface area (Å²) in [5, 5.41) is 5.56. The number of carbonyl (C=O) groups excluding carboxylic acids is 3. The fourth-order valence-corrected chi connectivity index (χ4v) is 4.13. The minimum Gasteiger partial charge on any atom is -0.339 e. The molecule has 0 aromatic heterocycles. The van der Waals surface area contributed by atoms with Crippen LogP contribution in [0, 0.1) is 0 Å². The van der Waals surface area contributed by atoms with E-state index in [0.29, 0.717) is 30.5 Å². The van der Waals surface area contributed by atoms with Crippen LogP contribution in [0.5, 0.6) is 0 Å². The number of nitrogens with zero attached hydrogens (tertiary/aromatic N) is 2. The number of anilines is 2. The van der Waals surface area contributed by atoms with E-state index in [2.05, 4.69) is 10.6 Å². The van der Waals surface area contributed by atoms with Crippen LogP contribution >= 0.6 is 0 Å². The van der Waals surface area contributed by atoms with Crippen molar-refractivity contribution in [2.75, 3.05) is 30.3 Å². The van der Waals surface area contributed by atoms with Crippen LogP contribution in [-0.2, 0) is 14.4 Å². The van der Waals surface area contributed by atoms with Crippen molar-refractivity contribution in [1.82, 2.24) is 9.80 Å². The number of likely N-dealkylation sites (N-methyl/N-ethyl adjacent to an activating group) is 2. The molecule has 7 nitrogen and oxygen atoms in total. The minimum atomic E-state index is -0.343. The number of rotatable bonds is 9. The zero-order valence-electron chi connectivity index (χ0n) is 18.7. The summed E-state index contributed by atoms with van der Waals surface area (Å²) >= 11 is 0. The largest absolute Gasteiger partial charge is 0.339 e. The number of hydrogen-bond acceptors (Lipinski definition) is 4. The summed E-state index contributed by atoms with van der Waals surface area (Å²) in [4.78, 5) is 40.7. The Bertz CT molecular complexity index is 714. The molecule has 0 aliphatic heterocycles. The zero-order chi connectivity index (χ0) is 22.1. The first-order chi connectivity index (χ1) is 14.3. The molecule has 1 aliphatic rings. The third-order valence-corrected chi connectivity index (χ3v) is 5.79. The highest BCUT2D eigenvalue weighted by atomic mass is 16.2. The molecule has 0 unspecified atom stereocenters. The van der Waals surface area contributed by atoms with Gasteiger partial charge in [0.1, 0.15) is 0 Å². The molecule has 0 bridgehead atoms. The lowest BCUT2D eigenvalue weighted by Gasteiger charge is -2.37. The summed E-state index contributed by atoms with van der Waals surface area (Å²) in [5.74, 6) is -0.193. The van der Waals surface area contributed by atoms with E-state index in [1.807, 2.05) is 30.6 Å². The Morgan fingerprint density at radius 3 is 2.03 bits per heavy atom. The molecule has 0 heterocycles. The Labute approximate surface area is 180 Å². The van der Waals surface area contributed by atoms with Gasteiger partial charge in [0.15, 0.2) is 0 Å². The average molecular weight is 417 g/mol. The van der Waals surface area contributed by atoms with E-state index in [0.717, 1.165) is 12.8 Å².